The minimum atomic E-state index is -3.82. The molecule has 0 saturated carbocycles. The van der Waals surface area contributed by atoms with E-state index in [0.717, 1.165) is 5.56 Å². The van der Waals surface area contributed by atoms with Gasteiger partial charge in [-0.25, -0.2) is 4.79 Å². The van der Waals surface area contributed by atoms with Gasteiger partial charge >= 0.3 is 6.09 Å². The van der Waals surface area contributed by atoms with Gasteiger partial charge in [-0.15, -0.1) is 0 Å². The lowest BCUT2D eigenvalue weighted by Crippen LogP contribution is -2.49. The second-order valence-electron chi connectivity index (χ2n) is 7.29. The van der Waals surface area contributed by atoms with Gasteiger partial charge in [0, 0.05) is 19.6 Å². The average Bonchev–Trinajstić information content (AvgIpc) is 2.64. The van der Waals surface area contributed by atoms with Crippen molar-refractivity contribution in [2.24, 2.45) is 11.8 Å². The Labute approximate surface area is 161 Å². The molecule has 1 saturated heterocycles. The Morgan fingerprint density at radius 1 is 1.26 bits per heavy atom. The van der Waals surface area contributed by atoms with Crippen molar-refractivity contribution in [2.75, 3.05) is 33.4 Å². The first kappa shape index (κ1) is 21.7. The molecule has 0 spiro atoms. The van der Waals surface area contributed by atoms with E-state index in [-0.39, 0.29) is 35.5 Å². The summed E-state index contributed by atoms with van der Waals surface area (Å²) in [4.78, 5) is 13.9. The van der Waals surface area contributed by atoms with E-state index in [2.05, 4.69) is 0 Å². The van der Waals surface area contributed by atoms with Crippen LogP contribution in [0.1, 0.15) is 25.8 Å². The second-order valence-corrected chi connectivity index (χ2v) is 8.91. The molecule has 8 heteroatoms. The van der Waals surface area contributed by atoms with E-state index in [1.165, 1.54) is 12.1 Å². The Morgan fingerprint density at radius 2 is 1.93 bits per heavy atom. The predicted octanol–water partition coefficient (Wildman–Crippen LogP) is 2.83. The van der Waals surface area contributed by atoms with E-state index in [4.69, 9.17) is 13.7 Å². The molecule has 0 aromatic heterocycles. The van der Waals surface area contributed by atoms with Gasteiger partial charge in [0.1, 0.15) is 0 Å². The maximum atomic E-state index is 12.4. The number of carbonyl (C=O) groups is 1. The molecule has 1 aliphatic rings. The number of methoxy groups -OCH3 is 1. The van der Waals surface area contributed by atoms with Gasteiger partial charge in [0.05, 0.1) is 30.8 Å². The highest BCUT2D eigenvalue weighted by molar-refractivity contribution is 7.86. The van der Waals surface area contributed by atoms with Crippen LogP contribution in [-0.4, -0.2) is 58.9 Å². The molecule has 1 fully saturated rings. The zero-order valence-electron chi connectivity index (χ0n) is 16.4. The van der Waals surface area contributed by atoms with E-state index in [9.17, 15) is 13.2 Å². The summed E-state index contributed by atoms with van der Waals surface area (Å²) >= 11 is 0. The first-order valence-electron chi connectivity index (χ1n) is 9.13. The normalized spacial score (nSPS) is 20.7. The summed E-state index contributed by atoms with van der Waals surface area (Å²) < 4.78 is 40.7. The minimum absolute atomic E-state index is 0.0175. The SMILES string of the molecule is COC1CN(C(=O)OCC(C)C)CCC1COS(=O)(=O)c1ccc(C)cc1. The summed E-state index contributed by atoms with van der Waals surface area (Å²) in [5.41, 5.74) is 0.977. The fraction of sp³-hybridized carbons (Fsp3) is 0.632. The largest absolute Gasteiger partial charge is 0.449 e. The highest BCUT2D eigenvalue weighted by Gasteiger charge is 2.33. The number of piperidine rings is 1. The lowest BCUT2D eigenvalue weighted by molar-refractivity contribution is -0.0255. The van der Waals surface area contributed by atoms with Crippen LogP contribution in [0.4, 0.5) is 4.79 Å². The van der Waals surface area contributed by atoms with Crippen LogP contribution in [0.2, 0.25) is 0 Å². The molecule has 27 heavy (non-hydrogen) atoms. The number of rotatable bonds is 7. The van der Waals surface area contributed by atoms with Crippen LogP contribution in [0.5, 0.6) is 0 Å². The number of likely N-dealkylation sites (tertiary alicyclic amines) is 1. The molecule has 0 N–H and O–H groups in total. The van der Waals surface area contributed by atoms with Crippen LogP contribution in [0.15, 0.2) is 29.2 Å². The first-order valence-corrected chi connectivity index (χ1v) is 10.5. The number of benzene rings is 1. The van der Waals surface area contributed by atoms with E-state index in [1.54, 1.807) is 24.1 Å². The third-order valence-electron chi connectivity index (χ3n) is 4.54. The van der Waals surface area contributed by atoms with Crippen molar-refractivity contribution in [3.8, 4) is 0 Å². The van der Waals surface area contributed by atoms with Gasteiger partial charge in [-0.05, 0) is 31.4 Å². The van der Waals surface area contributed by atoms with Crippen LogP contribution < -0.4 is 0 Å². The summed E-state index contributed by atoms with van der Waals surface area (Å²) in [6.07, 6.45) is -0.0884. The Bertz CT molecular complexity index is 716. The van der Waals surface area contributed by atoms with Gasteiger partial charge in [-0.1, -0.05) is 31.5 Å². The number of ether oxygens (including phenoxy) is 2. The van der Waals surface area contributed by atoms with Crippen molar-refractivity contribution in [2.45, 2.75) is 38.2 Å². The number of hydrogen-bond acceptors (Lipinski definition) is 6. The van der Waals surface area contributed by atoms with Crippen LogP contribution in [-0.2, 0) is 23.8 Å². The molecule has 7 nitrogen and oxygen atoms in total. The van der Waals surface area contributed by atoms with Crippen molar-refractivity contribution < 1.29 is 26.9 Å². The minimum Gasteiger partial charge on any atom is -0.449 e. The zero-order valence-corrected chi connectivity index (χ0v) is 17.2. The molecule has 2 rings (SSSR count). The molecular weight excluding hydrogens is 370 g/mol. The van der Waals surface area contributed by atoms with Gasteiger partial charge in [0.25, 0.3) is 10.1 Å². The van der Waals surface area contributed by atoms with Crippen LogP contribution >= 0.6 is 0 Å². The van der Waals surface area contributed by atoms with Crippen LogP contribution in [0.3, 0.4) is 0 Å². The number of carbonyl (C=O) groups excluding carboxylic acids is 1. The molecule has 0 aliphatic carbocycles. The second kappa shape index (κ2) is 9.52. The number of aryl methyl sites for hydroxylation is 1. The lowest BCUT2D eigenvalue weighted by atomic mass is 9.95. The number of hydrogen-bond donors (Lipinski definition) is 0. The van der Waals surface area contributed by atoms with Gasteiger partial charge < -0.3 is 14.4 Å². The van der Waals surface area contributed by atoms with Gasteiger partial charge in [0.15, 0.2) is 0 Å². The predicted molar refractivity (Wildman–Crippen MR) is 101 cm³/mol. The van der Waals surface area contributed by atoms with Crippen molar-refractivity contribution in [3.63, 3.8) is 0 Å². The monoisotopic (exact) mass is 399 g/mol. The molecule has 1 heterocycles. The molecule has 152 valence electrons. The topological polar surface area (TPSA) is 82.1 Å². The fourth-order valence-electron chi connectivity index (χ4n) is 2.87. The lowest BCUT2D eigenvalue weighted by Gasteiger charge is -2.36. The number of nitrogens with zero attached hydrogens (tertiary/aromatic N) is 1. The third-order valence-corrected chi connectivity index (χ3v) is 5.84. The summed E-state index contributed by atoms with van der Waals surface area (Å²) in [5, 5.41) is 0. The van der Waals surface area contributed by atoms with Gasteiger partial charge in [-0.3, -0.25) is 4.18 Å². The van der Waals surface area contributed by atoms with Crippen LogP contribution in [0, 0.1) is 18.8 Å². The zero-order chi connectivity index (χ0) is 20.0. The Hall–Kier alpha value is -1.64. The average molecular weight is 400 g/mol. The van der Waals surface area contributed by atoms with Gasteiger partial charge in [0.2, 0.25) is 0 Å². The van der Waals surface area contributed by atoms with Crippen molar-refractivity contribution in [3.05, 3.63) is 29.8 Å². The Kier molecular flexibility index (Phi) is 7.64. The van der Waals surface area contributed by atoms with Crippen molar-refractivity contribution in [1.82, 2.24) is 4.90 Å². The van der Waals surface area contributed by atoms with E-state index < -0.39 is 10.1 Å². The summed E-state index contributed by atoms with van der Waals surface area (Å²) in [6, 6.07) is 6.53. The molecule has 0 radical (unpaired) electrons. The molecule has 1 aliphatic heterocycles. The molecule has 1 amide bonds. The standard InChI is InChI=1S/C19H29NO6S/c1-14(2)12-25-19(21)20-10-9-16(18(11-20)24-4)13-26-27(22,23)17-7-5-15(3)6-8-17/h5-8,14,16,18H,9-13H2,1-4H3. The first-order chi connectivity index (χ1) is 12.7. The van der Waals surface area contributed by atoms with E-state index in [0.29, 0.717) is 26.1 Å². The summed E-state index contributed by atoms with van der Waals surface area (Å²) in [5.74, 6) is 0.148. The smallest absolute Gasteiger partial charge is 0.409 e. The molecular formula is C19H29NO6S. The maximum absolute atomic E-state index is 12.4. The highest BCUT2D eigenvalue weighted by atomic mass is 32.2. The molecule has 1 aromatic rings. The molecule has 0 bridgehead atoms. The highest BCUT2D eigenvalue weighted by Crippen LogP contribution is 2.23. The fourth-order valence-corrected chi connectivity index (χ4v) is 3.83. The molecule has 2 atom stereocenters. The van der Waals surface area contributed by atoms with Gasteiger partial charge in [-0.2, -0.15) is 8.42 Å². The maximum Gasteiger partial charge on any atom is 0.409 e. The number of amides is 1. The van der Waals surface area contributed by atoms with Crippen molar-refractivity contribution >= 4 is 16.2 Å². The summed E-state index contributed by atoms with van der Waals surface area (Å²) in [7, 11) is -2.27. The van der Waals surface area contributed by atoms with E-state index >= 15 is 0 Å². The molecule has 2 unspecified atom stereocenters. The van der Waals surface area contributed by atoms with Crippen LogP contribution in [0.25, 0.3) is 0 Å². The third kappa shape index (κ3) is 6.19. The Balaban J connectivity index is 1.92. The molecule has 1 aromatic carbocycles. The van der Waals surface area contributed by atoms with Crippen molar-refractivity contribution in [1.29, 1.82) is 0 Å². The quantitative estimate of drug-likeness (QED) is 0.656. The Morgan fingerprint density at radius 3 is 2.52 bits per heavy atom. The van der Waals surface area contributed by atoms with E-state index in [1.807, 2.05) is 20.8 Å². The summed E-state index contributed by atoms with van der Waals surface area (Å²) in [6.45, 7) is 7.06.